The molecule has 1 aromatic heterocycles. The van der Waals surface area contributed by atoms with Crippen LogP contribution < -0.4 is 5.32 Å². The van der Waals surface area contributed by atoms with Crippen molar-refractivity contribution in [1.29, 1.82) is 5.26 Å². The Balaban J connectivity index is 2.16. The first-order chi connectivity index (χ1) is 8.22. The standard InChI is InChI=1S/C13H19N3O/c1-11(2)17-9-4-3-8-15-13-7-5-6-12(10-14)16-13/h5-7,11H,3-4,8-9H2,1-2H3,(H,15,16). The molecule has 0 atom stereocenters. The third-order valence-corrected chi connectivity index (χ3v) is 2.19. The molecule has 92 valence electrons. The van der Waals surface area contributed by atoms with Crippen LogP contribution in [0.4, 0.5) is 5.82 Å². The van der Waals surface area contributed by atoms with E-state index in [2.05, 4.69) is 10.3 Å². The molecular formula is C13H19N3O. The second-order valence-electron chi connectivity index (χ2n) is 4.07. The fraction of sp³-hybridized carbons (Fsp3) is 0.538. The van der Waals surface area contributed by atoms with E-state index in [9.17, 15) is 0 Å². The third kappa shape index (κ3) is 5.88. The van der Waals surface area contributed by atoms with Gasteiger partial charge in [-0.3, -0.25) is 0 Å². The van der Waals surface area contributed by atoms with Crippen LogP contribution in [-0.4, -0.2) is 24.2 Å². The van der Waals surface area contributed by atoms with Crippen molar-refractivity contribution in [1.82, 2.24) is 4.98 Å². The Morgan fingerprint density at radius 3 is 2.94 bits per heavy atom. The summed E-state index contributed by atoms with van der Waals surface area (Å²) in [7, 11) is 0. The van der Waals surface area contributed by atoms with Gasteiger partial charge >= 0.3 is 0 Å². The van der Waals surface area contributed by atoms with Gasteiger partial charge in [-0.2, -0.15) is 5.26 Å². The molecule has 0 aliphatic rings. The largest absolute Gasteiger partial charge is 0.379 e. The molecule has 0 radical (unpaired) electrons. The smallest absolute Gasteiger partial charge is 0.142 e. The minimum Gasteiger partial charge on any atom is -0.379 e. The first kappa shape index (κ1) is 13.5. The van der Waals surface area contributed by atoms with E-state index in [4.69, 9.17) is 10.00 Å². The molecule has 0 aliphatic carbocycles. The molecule has 1 aromatic rings. The van der Waals surface area contributed by atoms with Crippen LogP contribution in [0, 0.1) is 11.3 Å². The van der Waals surface area contributed by atoms with E-state index in [-0.39, 0.29) is 0 Å². The van der Waals surface area contributed by atoms with Crippen molar-refractivity contribution in [2.24, 2.45) is 0 Å². The van der Waals surface area contributed by atoms with Crippen molar-refractivity contribution < 1.29 is 4.74 Å². The fourth-order valence-corrected chi connectivity index (χ4v) is 1.36. The summed E-state index contributed by atoms with van der Waals surface area (Å²) in [5, 5.41) is 11.9. The van der Waals surface area contributed by atoms with Gasteiger partial charge in [0, 0.05) is 13.2 Å². The maximum atomic E-state index is 8.70. The number of aromatic nitrogens is 1. The van der Waals surface area contributed by atoms with Gasteiger partial charge < -0.3 is 10.1 Å². The van der Waals surface area contributed by atoms with Crippen molar-refractivity contribution in [2.75, 3.05) is 18.5 Å². The van der Waals surface area contributed by atoms with Gasteiger partial charge in [-0.05, 0) is 38.8 Å². The minimum atomic E-state index is 0.303. The number of nitrogens with zero attached hydrogens (tertiary/aromatic N) is 2. The Bertz CT molecular complexity index is 371. The molecule has 4 heteroatoms. The monoisotopic (exact) mass is 233 g/mol. The summed E-state index contributed by atoms with van der Waals surface area (Å²) in [6.07, 6.45) is 2.37. The molecule has 0 aromatic carbocycles. The lowest BCUT2D eigenvalue weighted by Crippen LogP contribution is -2.07. The molecule has 1 heterocycles. The molecule has 0 amide bonds. The van der Waals surface area contributed by atoms with Crippen LogP contribution >= 0.6 is 0 Å². The number of hydrogen-bond acceptors (Lipinski definition) is 4. The van der Waals surface area contributed by atoms with Crippen LogP contribution in [0.2, 0.25) is 0 Å². The molecule has 0 saturated heterocycles. The second kappa shape index (κ2) is 7.64. The van der Waals surface area contributed by atoms with Crippen LogP contribution in [0.1, 0.15) is 32.4 Å². The summed E-state index contributed by atoms with van der Waals surface area (Å²) < 4.78 is 5.44. The quantitative estimate of drug-likeness (QED) is 0.735. The summed E-state index contributed by atoms with van der Waals surface area (Å²) in [5.74, 6) is 0.758. The van der Waals surface area contributed by atoms with Crippen molar-refractivity contribution in [3.8, 4) is 6.07 Å². The molecule has 0 bridgehead atoms. The van der Waals surface area contributed by atoms with Gasteiger partial charge in [0.1, 0.15) is 17.6 Å². The van der Waals surface area contributed by atoms with E-state index in [0.717, 1.165) is 31.8 Å². The number of pyridine rings is 1. The zero-order valence-corrected chi connectivity index (χ0v) is 10.4. The first-order valence-corrected chi connectivity index (χ1v) is 5.95. The molecule has 4 nitrogen and oxygen atoms in total. The van der Waals surface area contributed by atoms with Crippen molar-refractivity contribution in [3.63, 3.8) is 0 Å². The molecule has 0 aliphatic heterocycles. The van der Waals surface area contributed by atoms with Gasteiger partial charge in [-0.25, -0.2) is 4.98 Å². The van der Waals surface area contributed by atoms with E-state index < -0.39 is 0 Å². The number of ether oxygens (including phenoxy) is 1. The van der Waals surface area contributed by atoms with Crippen LogP contribution in [0.25, 0.3) is 0 Å². The van der Waals surface area contributed by atoms with E-state index in [1.165, 1.54) is 0 Å². The highest BCUT2D eigenvalue weighted by Crippen LogP contribution is 2.04. The second-order valence-corrected chi connectivity index (χ2v) is 4.07. The van der Waals surface area contributed by atoms with E-state index in [1.54, 1.807) is 6.07 Å². The average molecular weight is 233 g/mol. The minimum absolute atomic E-state index is 0.303. The maximum absolute atomic E-state index is 8.70. The maximum Gasteiger partial charge on any atom is 0.142 e. The zero-order valence-electron chi connectivity index (χ0n) is 10.4. The lowest BCUT2D eigenvalue weighted by Gasteiger charge is -2.08. The van der Waals surface area contributed by atoms with Crippen molar-refractivity contribution in [2.45, 2.75) is 32.8 Å². The Labute approximate surface area is 103 Å². The number of unbranched alkanes of at least 4 members (excludes halogenated alkanes) is 1. The molecule has 17 heavy (non-hydrogen) atoms. The van der Waals surface area contributed by atoms with Crippen LogP contribution in [0.3, 0.4) is 0 Å². The van der Waals surface area contributed by atoms with Gasteiger partial charge in [0.25, 0.3) is 0 Å². The highest BCUT2D eigenvalue weighted by molar-refractivity contribution is 5.38. The topological polar surface area (TPSA) is 57.9 Å². The summed E-state index contributed by atoms with van der Waals surface area (Å²) in [4.78, 5) is 4.13. The SMILES string of the molecule is CC(C)OCCCCNc1cccc(C#N)n1. The molecule has 0 unspecified atom stereocenters. The lowest BCUT2D eigenvalue weighted by molar-refractivity contribution is 0.0765. The van der Waals surface area contributed by atoms with Gasteiger partial charge in [-0.15, -0.1) is 0 Å². The van der Waals surface area contributed by atoms with Gasteiger partial charge in [0.05, 0.1) is 6.10 Å². The van der Waals surface area contributed by atoms with E-state index in [0.29, 0.717) is 11.8 Å². The Morgan fingerprint density at radius 1 is 1.41 bits per heavy atom. The molecule has 1 rings (SSSR count). The van der Waals surface area contributed by atoms with Gasteiger partial charge in [0.2, 0.25) is 0 Å². The predicted molar refractivity (Wildman–Crippen MR) is 67.8 cm³/mol. The average Bonchev–Trinajstić information content (AvgIpc) is 2.33. The Kier molecular flexibility index (Phi) is 6.05. The molecule has 0 fully saturated rings. The number of nitriles is 1. The molecule has 0 saturated carbocycles. The normalized spacial score (nSPS) is 10.2. The molecular weight excluding hydrogens is 214 g/mol. The number of rotatable bonds is 7. The van der Waals surface area contributed by atoms with Crippen LogP contribution in [0.5, 0.6) is 0 Å². The summed E-state index contributed by atoms with van der Waals surface area (Å²) >= 11 is 0. The molecule has 0 spiro atoms. The number of anilines is 1. The lowest BCUT2D eigenvalue weighted by atomic mass is 10.3. The first-order valence-electron chi connectivity index (χ1n) is 5.95. The predicted octanol–water partition coefficient (Wildman–Crippen LogP) is 2.57. The molecule has 1 N–H and O–H groups in total. The fourth-order valence-electron chi connectivity index (χ4n) is 1.36. The van der Waals surface area contributed by atoms with Gasteiger partial charge in [-0.1, -0.05) is 6.07 Å². The Hall–Kier alpha value is -1.60. The third-order valence-electron chi connectivity index (χ3n) is 2.19. The highest BCUT2D eigenvalue weighted by atomic mass is 16.5. The van der Waals surface area contributed by atoms with Gasteiger partial charge in [0.15, 0.2) is 0 Å². The van der Waals surface area contributed by atoms with E-state index >= 15 is 0 Å². The zero-order chi connectivity index (χ0) is 12.5. The van der Waals surface area contributed by atoms with Crippen molar-refractivity contribution >= 4 is 5.82 Å². The summed E-state index contributed by atoms with van der Waals surface area (Å²) in [6, 6.07) is 7.41. The number of nitrogens with one attached hydrogen (secondary N) is 1. The van der Waals surface area contributed by atoms with Crippen LogP contribution in [0.15, 0.2) is 18.2 Å². The highest BCUT2D eigenvalue weighted by Gasteiger charge is 1.96. The van der Waals surface area contributed by atoms with Crippen LogP contribution in [-0.2, 0) is 4.74 Å². The Morgan fingerprint density at radius 2 is 2.24 bits per heavy atom. The number of hydrogen-bond donors (Lipinski definition) is 1. The summed E-state index contributed by atoms with van der Waals surface area (Å²) in [5.41, 5.74) is 0.443. The summed E-state index contributed by atoms with van der Waals surface area (Å²) in [6.45, 7) is 5.72. The van der Waals surface area contributed by atoms with E-state index in [1.807, 2.05) is 32.0 Å². The van der Waals surface area contributed by atoms with Crippen molar-refractivity contribution in [3.05, 3.63) is 23.9 Å².